The van der Waals surface area contributed by atoms with E-state index in [1.165, 1.54) is 0 Å². The maximum atomic E-state index is 12.4. The SMILES string of the molecule is COc1ccc2c(CC(=O)N3CCCC(N)C3)coc2c1.Cl. The van der Waals surface area contributed by atoms with Crippen LogP contribution in [-0.4, -0.2) is 37.0 Å². The van der Waals surface area contributed by atoms with Crippen LogP contribution in [0.5, 0.6) is 5.75 Å². The Kier molecular flexibility index (Phi) is 5.32. The summed E-state index contributed by atoms with van der Waals surface area (Å²) in [5.41, 5.74) is 7.59. The lowest BCUT2D eigenvalue weighted by molar-refractivity contribution is -0.131. The number of benzene rings is 1. The molecule has 0 saturated carbocycles. The van der Waals surface area contributed by atoms with Crippen molar-refractivity contribution in [2.24, 2.45) is 5.73 Å². The van der Waals surface area contributed by atoms with Crippen LogP contribution < -0.4 is 10.5 Å². The molecule has 1 aliphatic rings. The molecule has 2 aromatic rings. The Morgan fingerprint density at radius 3 is 3.05 bits per heavy atom. The Morgan fingerprint density at radius 2 is 2.32 bits per heavy atom. The van der Waals surface area contributed by atoms with Gasteiger partial charge in [0.05, 0.1) is 19.8 Å². The third-order valence-electron chi connectivity index (χ3n) is 4.02. The van der Waals surface area contributed by atoms with Crippen LogP contribution in [0.3, 0.4) is 0 Å². The van der Waals surface area contributed by atoms with Crippen LogP contribution >= 0.6 is 12.4 Å². The number of likely N-dealkylation sites (tertiary alicyclic amines) is 1. The Bertz CT molecular complexity index is 656. The van der Waals surface area contributed by atoms with Crippen molar-refractivity contribution in [2.45, 2.75) is 25.3 Å². The minimum atomic E-state index is 0. The zero-order valence-corrected chi connectivity index (χ0v) is 13.4. The number of hydrogen-bond donors (Lipinski definition) is 1. The molecule has 5 nitrogen and oxygen atoms in total. The van der Waals surface area contributed by atoms with Crippen LogP contribution in [-0.2, 0) is 11.2 Å². The van der Waals surface area contributed by atoms with Crippen LogP contribution in [0.1, 0.15) is 18.4 Å². The number of ether oxygens (including phenoxy) is 1. The van der Waals surface area contributed by atoms with Gasteiger partial charge in [-0.2, -0.15) is 0 Å². The molecule has 0 aliphatic carbocycles. The summed E-state index contributed by atoms with van der Waals surface area (Å²) in [6.07, 6.45) is 3.99. The molecule has 1 aromatic carbocycles. The second kappa shape index (κ2) is 7.03. The highest BCUT2D eigenvalue weighted by Crippen LogP contribution is 2.26. The fourth-order valence-corrected chi connectivity index (χ4v) is 2.84. The molecule has 1 aliphatic heterocycles. The van der Waals surface area contributed by atoms with Crippen LogP contribution in [0.15, 0.2) is 28.9 Å². The van der Waals surface area contributed by atoms with Crippen molar-refractivity contribution in [3.63, 3.8) is 0 Å². The molecule has 1 amide bonds. The third kappa shape index (κ3) is 3.36. The molecule has 0 spiro atoms. The molecule has 0 bridgehead atoms. The summed E-state index contributed by atoms with van der Waals surface area (Å²) in [4.78, 5) is 14.2. The smallest absolute Gasteiger partial charge is 0.227 e. The number of rotatable bonds is 3. The van der Waals surface area contributed by atoms with Gasteiger partial charge in [0.15, 0.2) is 0 Å². The van der Waals surface area contributed by atoms with E-state index < -0.39 is 0 Å². The summed E-state index contributed by atoms with van der Waals surface area (Å²) in [5, 5.41) is 0.963. The Morgan fingerprint density at radius 1 is 1.50 bits per heavy atom. The molecule has 1 fully saturated rings. The second-order valence-electron chi connectivity index (χ2n) is 5.54. The predicted octanol–water partition coefficient (Wildman–Crippen LogP) is 2.36. The molecule has 1 unspecified atom stereocenters. The van der Waals surface area contributed by atoms with Crippen molar-refractivity contribution >= 4 is 29.3 Å². The van der Waals surface area contributed by atoms with Crippen molar-refractivity contribution in [1.29, 1.82) is 0 Å². The number of fused-ring (bicyclic) bond motifs is 1. The molecule has 2 N–H and O–H groups in total. The third-order valence-corrected chi connectivity index (χ3v) is 4.02. The van der Waals surface area contributed by atoms with Crippen molar-refractivity contribution in [3.8, 4) is 5.75 Å². The predicted molar refractivity (Wildman–Crippen MR) is 87.5 cm³/mol. The van der Waals surface area contributed by atoms with E-state index in [4.69, 9.17) is 14.9 Å². The van der Waals surface area contributed by atoms with Crippen molar-refractivity contribution in [2.75, 3.05) is 20.2 Å². The Balaban J connectivity index is 0.00000176. The number of amides is 1. The van der Waals surface area contributed by atoms with Gasteiger partial charge >= 0.3 is 0 Å². The minimum Gasteiger partial charge on any atom is -0.497 e. The highest BCUT2D eigenvalue weighted by molar-refractivity contribution is 5.88. The van der Waals surface area contributed by atoms with E-state index in [-0.39, 0.29) is 24.4 Å². The Labute approximate surface area is 135 Å². The molecule has 120 valence electrons. The summed E-state index contributed by atoms with van der Waals surface area (Å²) in [5.74, 6) is 0.861. The quantitative estimate of drug-likeness (QED) is 0.941. The fourth-order valence-electron chi connectivity index (χ4n) is 2.84. The lowest BCUT2D eigenvalue weighted by atomic mass is 10.0. The van der Waals surface area contributed by atoms with E-state index in [1.807, 2.05) is 23.1 Å². The van der Waals surface area contributed by atoms with Gasteiger partial charge < -0.3 is 19.8 Å². The number of carbonyl (C=O) groups is 1. The number of piperidine rings is 1. The topological polar surface area (TPSA) is 68.7 Å². The largest absolute Gasteiger partial charge is 0.497 e. The standard InChI is InChI=1S/C16H20N2O3.ClH/c1-20-13-4-5-14-11(10-21-15(14)8-13)7-16(19)18-6-2-3-12(17)9-18;/h4-5,8,10,12H,2-3,6-7,9,17H2,1H3;1H. The van der Waals surface area contributed by atoms with E-state index >= 15 is 0 Å². The molecular formula is C16H21ClN2O3. The number of methoxy groups -OCH3 is 1. The minimum absolute atomic E-state index is 0. The van der Waals surface area contributed by atoms with Gasteiger partial charge in [0.25, 0.3) is 0 Å². The molecular weight excluding hydrogens is 304 g/mol. The molecule has 1 saturated heterocycles. The highest BCUT2D eigenvalue weighted by Gasteiger charge is 2.22. The van der Waals surface area contributed by atoms with E-state index in [0.717, 1.165) is 41.7 Å². The van der Waals surface area contributed by atoms with Crippen molar-refractivity contribution in [3.05, 3.63) is 30.0 Å². The number of furan rings is 1. The maximum Gasteiger partial charge on any atom is 0.227 e. The van der Waals surface area contributed by atoms with Gasteiger partial charge in [-0.05, 0) is 25.0 Å². The van der Waals surface area contributed by atoms with E-state index in [9.17, 15) is 4.79 Å². The summed E-state index contributed by atoms with van der Waals surface area (Å²) < 4.78 is 10.7. The van der Waals surface area contributed by atoms with Crippen molar-refractivity contribution in [1.82, 2.24) is 4.90 Å². The summed E-state index contributed by atoms with van der Waals surface area (Å²) >= 11 is 0. The first-order valence-electron chi connectivity index (χ1n) is 7.25. The molecule has 1 atom stereocenters. The highest BCUT2D eigenvalue weighted by atomic mass is 35.5. The lowest BCUT2D eigenvalue weighted by Crippen LogP contribution is -2.46. The number of nitrogens with two attached hydrogens (primary N) is 1. The first kappa shape index (κ1) is 16.6. The average Bonchev–Trinajstić information content (AvgIpc) is 2.89. The van der Waals surface area contributed by atoms with E-state index in [0.29, 0.717) is 13.0 Å². The molecule has 3 rings (SSSR count). The summed E-state index contributed by atoms with van der Waals surface area (Å²) in [7, 11) is 1.62. The van der Waals surface area contributed by atoms with Gasteiger partial charge in [-0.15, -0.1) is 12.4 Å². The number of halogens is 1. The number of hydrogen-bond acceptors (Lipinski definition) is 4. The lowest BCUT2D eigenvalue weighted by Gasteiger charge is -2.30. The fraction of sp³-hybridized carbons (Fsp3) is 0.438. The van der Waals surface area contributed by atoms with E-state index in [1.54, 1.807) is 13.4 Å². The van der Waals surface area contributed by atoms with Gasteiger partial charge in [0, 0.05) is 36.1 Å². The van der Waals surface area contributed by atoms with Crippen molar-refractivity contribution < 1.29 is 13.9 Å². The Hall–Kier alpha value is -1.72. The zero-order valence-electron chi connectivity index (χ0n) is 12.6. The van der Waals surface area contributed by atoms with E-state index in [2.05, 4.69) is 0 Å². The first-order chi connectivity index (χ1) is 10.2. The van der Waals surface area contributed by atoms with Gasteiger partial charge in [0.2, 0.25) is 5.91 Å². The van der Waals surface area contributed by atoms with Gasteiger partial charge in [-0.3, -0.25) is 4.79 Å². The van der Waals surface area contributed by atoms with Gasteiger partial charge in [-0.25, -0.2) is 0 Å². The maximum absolute atomic E-state index is 12.4. The molecule has 0 radical (unpaired) electrons. The number of carbonyl (C=O) groups excluding carboxylic acids is 1. The normalized spacial score (nSPS) is 18.1. The number of nitrogens with zero attached hydrogens (tertiary/aromatic N) is 1. The van der Waals surface area contributed by atoms with Crippen LogP contribution in [0, 0.1) is 0 Å². The van der Waals surface area contributed by atoms with Crippen LogP contribution in [0.25, 0.3) is 11.0 Å². The monoisotopic (exact) mass is 324 g/mol. The second-order valence-corrected chi connectivity index (χ2v) is 5.54. The average molecular weight is 325 g/mol. The molecule has 2 heterocycles. The molecule has 6 heteroatoms. The summed E-state index contributed by atoms with van der Waals surface area (Å²) in [6.45, 7) is 1.46. The molecule has 22 heavy (non-hydrogen) atoms. The summed E-state index contributed by atoms with van der Waals surface area (Å²) in [6, 6.07) is 5.75. The van der Waals surface area contributed by atoms with Gasteiger partial charge in [-0.1, -0.05) is 0 Å². The van der Waals surface area contributed by atoms with Crippen LogP contribution in [0.4, 0.5) is 0 Å². The molecule has 1 aromatic heterocycles. The van der Waals surface area contributed by atoms with Crippen LogP contribution in [0.2, 0.25) is 0 Å². The van der Waals surface area contributed by atoms with Gasteiger partial charge in [0.1, 0.15) is 11.3 Å². The zero-order chi connectivity index (χ0) is 14.8. The first-order valence-corrected chi connectivity index (χ1v) is 7.25.